The third kappa shape index (κ3) is 3.20. The second-order valence-corrected chi connectivity index (χ2v) is 3.49. The van der Waals surface area contributed by atoms with Gasteiger partial charge in [-0.05, 0) is 30.9 Å². The van der Waals surface area contributed by atoms with Gasteiger partial charge in [0.2, 0.25) is 0 Å². The molecule has 0 aliphatic heterocycles. The lowest BCUT2D eigenvalue weighted by Gasteiger charge is -2.07. The molecule has 2 heteroatoms. The van der Waals surface area contributed by atoms with E-state index in [9.17, 15) is 0 Å². The van der Waals surface area contributed by atoms with Gasteiger partial charge >= 0.3 is 0 Å². The van der Waals surface area contributed by atoms with Crippen LogP contribution in [-0.4, -0.2) is 11.2 Å². The van der Waals surface area contributed by atoms with E-state index in [2.05, 4.69) is 6.07 Å². The lowest BCUT2D eigenvalue weighted by atomic mass is 10.00. The van der Waals surface area contributed by atoms with Gasteiger partial charge in [-0.1, -0.05) is 24.3 Å². The summed E-state index contributed by atoms with van der Waals surface area (Å²) in [6.07, 6.45) is 1.78. The van der Waals surface area contributed by atoms with Crippen molar-refractivity contribution in [3.63, 3.8) is 0 Å². The zero-order valence-corrected chi connectivity index (χ0v) is 8.40. The normalized spacial score (nSPS) is 12.1. The van der Waals surface area contributed by atoms with Crippen LogP contribution in [0, 0.1) is 11.3 Å². The van der Waals surface area contributed by atoms with E-state index in [0.717, 1.165) is 18.4 Å². The molecule has 1 atom stereocenters. The molecule has 1 aromatic carbocycles. The smallest absolute Gasteiger partial charge is 0.0669 e. The maximum absolute atomic E-state index is 9.17. The molecule has 14 heavy (non-hydrogen) atoms. The van der Waals surface area contributed by atoms with Crippen molar-refractivity contribution in [3.8, 4) is 6.07 Å². The SMILES string of the molecule is CC(O)CCc1ccccc1CC#N. The van der Waals surface area contributed by atoms with Crippen molar-refractivity contribution in [1.82, 2.24) is 0 Å². The standard InChI is InChI=1S/C12H15NO/c1-10(14)6-7-11-4-2-3-5-12(11)8-9-13/h2-5,10,14H,6-8H2,1H3. The molecule has 0 aliphatic carbocycles. The Labute approximate surface area is 84.8 Å². The van der Waals surface area contributed by atoms with Crippen LogP contribution in [0.1, 0.15) is 24.5 Å². The van der Waals surface area contributed by atoms with Gasteiger partial charge in [0.25, 0.3) is 0 Å². The van der Waals surface area contributed by atoms with Crippen LogP contribution in [0.2, 0.25) is 0 Å². The fraction of sp³-hybridized carbons (Fsp3) is 0.417. The molecule has 0 aliphatic rings. The summed E-state index contributed by atoms with van der Waals surface area (Å²) >= 11 is 0. The van der Waals surface area contributed by atoms with Crippen molar-refractivity contribution in [2.75, 3.05) is 0 Å². The van der Waals surface area contributed by atoms with E-state index >= 15 is 0 Å². The van der Waals surface area contributed by atoms with E-state index in [1.807, 2.05) is 24.3 Å². The Morgan fingerprint density at radius 1 is 1.36 bits per heavy atom. The van der Waals surface area contributed by atoms with Gasteiger partial charge < -0.3 is 5.11 Å². The van der Waals surface area contributed by atoms with Gasteiger partial charge in [-0.2, -0.15) is 5.26 Å². The zero-order valence-electron chi connectivity index (χ0n) is 8.40. The Kier molecular flexibility index (Phi) is 4.15. The van der Waals surface area contributed by atoms with E-state index in [1.54, 1.807) is 6.92 Å². The Balaban J connectivity index is 2.70. The molecule has 0 radical (unpaired) electrons. The fourth-order valence-electron chi connectivity index (χ4n) is 1.42. The summed E-state index contributed by atoms with van der Waals surface area (Å²) in [5.41, 5.74) is 2.26. The first-order chi connectivity index (χ1) is 6.74. The summed E-state index contributed by atoms with van der Waals surface area (Å²) < 4.78 is 0. The summed E-state index contributed by atoms with van der Waals surface area (Å²) in [6, 6.07) is 10.1. The second kappa shape index (κ2) is 5.41. The maximum Gasteiger partial charge on any atom is 0.0669 e. The quantitative estimate of drug-likeness (QED) is 0.788. The van der Waals surface area contributed by atoms with Crippen LogP contribution in [0.25, 0.3) is 0 Å². The topological polar surface area (TPSA) is 44.0 Å². The van der Waals surface area contributed by atoms with Crippen molar-refractivity contribution in [2.45, 2.75) is 32.3 Å². The average molecular weight is 189 g/mol. The van der Waals surface area contributed by atoms with Gasteiger partial charge in [0.05, 0.1) is 18.6 Å². The summed E-state index contributed by atoms with van der Waals surface area (Å²) in [5, 5.41) is 17.8. The van der Waals surface area contributed by atoms with Crippen LogP contribution in [0.15, 0.2) is 24.3 Å². The third-order valence-electron chi connectivity index (χ3n) is 2.22. The van der Waals surface area contributed by atoms with E-state index in [1.165, 1.54) is 5.56 Å². The highest BCUT2D eigenvalue weighted by Gasteiger charge is 2.02. The van der Waals surface area contributed by atoms with Crippen molar-refractivity contribution < 1.29 is 5.11 Å². The van der Waals surface area contributed by atoms with Crippen LogP contribution in [-0.2, 0) is 12.8 Å². The second-order valence-electron chi connectivity index (χ2n) is 3.49. The van der Waals surface area contributed by atoms with Gasteiger partial charge in [-0.15, -0.1) is 0 Å². The maximum atomic E-state index is 9.17. The molecule has 1 N–H and O–H groups in total. The van der Waals surface area contributed by atoms with Crippen LogP contribution < -0.4 is 0 Å². The highest BCUT2D eigenvalue weighted by Crippen LogP contribution is 2.12. The van der Waals surface area contributed by atoms with Crippen molar-refractivity contribution in [2.24, 2.45) is 0 Å². The third-order valence-corrected chi connectivity index (χ3v) is 2.22. The number of nitrogens with zero attached hydrogens (tertiary/aromatic N) is 1. The molecule has 0 bridgehead atoms. The Bertz CT molecular complexity index is 325. The predicted octanol–water partition coefficient (Wildman–Crippen LogP) is 2.07. The number of aliphatic hydroxyl groups excluding tert-OH is 1. The number of aliphatic hydroxyl groups is 1. The Morgan fingerprint density at radius 2 is 2.00 bits per heavy atom. The van der Waals surface area contributed by atoms with Crippen LogP contribution in [0.3, 0.4) is 0 Å². The van der Waals surface area contributed by atoms with Gasteiger partial charge in [0, 0.05) is 0 Å². The molecule has 0 aromatic heterocycles. The lowest BCUT2D eigenvalue weighted by Crippen LogP contribution is -2.03. The van der Waals surface area contributed by atoms with Crippen LogP contribution in [0.4, 0.5) is 0 Å². The first-order valence-corrected chi connectivity index (χ1v) is 4.86. The van der Waals surface area contributed by atoms with Crippen LogP contribution in [0.5, 0.6) is 0 Å². The summed E-state index contributed by atoms with van der Waals surface area (Å²) in [6.45, 7) is 1.78. The molecule has 2 nitrogen and oxygen atoms in total. The number of aryl methyl sites for hydroxylation is 1. The monoisotopic (exact) mass is 189 g/mol. The number of benzene rings is 1. The zero-order chi connectivity index (χ0) is 10.4. The molecule has 1 rings (SSSR count). The van der Waals surface area contributed by atoms with Gasteiger partial charge in [0.15, 0.2) is 0 Å². The molecule has 0 amide bonds. The lowest BCUT2D eigenvalue weighted by molar-refractivity contribution is 0.185. The first-order valence-electron chi connectivity index (χ1n) is 4.86. The minimum atomic E-state index is -0.273. The Morgan fingerprint density at radius 3 is 2.57 bits per heavy atom. The predicted molar refractivity (Wildman–Crippen MR) is 55.8 cm³/mol. The molecular weight excluding hydrogens is 174 g/mol. The first kappa shape index (κ1) is 10.7. The summed E-state index contributed by atoms with van der Waals surface area (Å²) in [5.74, 6) is 0. The molecule has 0 saturated carbocycles. The number of hydrogen-bond acceptors (Lipinski definition) is 2. The molecule has 1 aromatic rings. The molecule has 0 saturated heterocycles. The molecule has 74 valence electrons. The average Bonchev–Trinajstić information content (AvgIpc) is 2.17. The van der Waals surface area contributed by atoms with Gasteiger partial charge in [-0.25, -0.2) is 0 Å². The number of nitriles is 1. The molecule has 0 spiro atoms. The van der Waals surface area contributed by atoms with E-state index in [4.69, 9.17) is 10.4 Å². The van der Waals surface area contributed by atoms with Gasteiger partial charge in [-0.3, -0.25) is 0 Å². The van der Waals surface area contributed by atoms with Crippen molar-refractivity contribution in [1.29, 1.82) is 5.26 Å². The highest BCUT2D eigenvalue weighted by atomic mass is 16.3. The largest absolute Gasteiger partial charge is 0.393 e. The highest BCUT2D eigenvalue weighted by molar-refractivity contribution is 5.29. The molecule has 0 heterocycles. The summed E-state index contributed by atoms with van der Waals surface area (Å²) in [7, 11) is 0. The van der Waals surface area contributed by atoms with Crippen molar-refractivity contribution in [3.05, 3.63) is 35.4 Å². The fourth-order valence-corrected chi connectivity index (χ4v) is 1.42. The van der Waals surface area contributed by atoms with Crippen molar-refractivity contribution >= 4 is 0 Å². The van der Waals surface area contributed by atoms with Gasteiger partial charge in [0.1, 0.15) is 0 Å². The minimum Gasteiger partial charge on any atom is -0.393 e. The minimum absolute atomic E-state index is 0.273. The van der Waals surface area contributed by atoms with Crippen LogP contribution >= 0.6 is 0 Å². The molecular formula is C12H15NO. The molecule has 0 fully saturated rings. The molecule has 1 unspecified atom stereocenters. The van der Waals surface area contributed by atoms with E-state index in [0.29, 0.717) is 6.42 Å². The number of hydrogen-bond donors (Lipinski definition) is 1. The number of rotatable bonds is 4. The summed E-state index contributed by atoms with van der Waals surface area (Å²) in [4.78, 5) is 0. The van der Waals surface area contributed by atoms with E-state index < -0.39 is 0 Å². The van der Waals surface area contributed by atoms with E-state index in [-0.39, 0.29) is 6.10 Å². The Hall–Kier alpha value is -1.33.